The Kier molecular flexibility index (Phi) is 4.01. The highest BCUT2D eigenvalue weighted by Crippen LogP contribution is 2.65. The van der Waals surface area contributed by atoms with Gasteiger partial charge in [-0.3, -0.25) is 0 Å². The summed E-state index contributed by atoms with van der Waals surface area (Å²) in [6.45, 7) is 4.62. The third kappa shape index (κ3) is 2.11. The molecular weight excluding hydrogens is 228 g/mol. The minimum absolute atomic E-state index is 0.449. The second kappa shape index (κ2) is 5.02. The van der Waals surface area contributed by atoms with E-state index in [4.69, 9.17) is 8.85 Å². The minimum Gasteiger partial charge on any atom is -0.397 e. The lowest BCUT2D eigenvalue weighted by atomic mass is 10.0. The fourth-order valence-corrected chi connectivity index (χ4v) is 8.89. The van der Waals surface area contributed by atoms with Gasteiger partial charge in [0.2, 0.25) is 0 Å². The molecule has 100 valence electrons. The third-order valence-corrected chi connectivity index (χ3v) is 10.4. The van der Waals surface area contributed by atoms with Crippen LogP contribution in [0.3, 0.4) is 0 Å². The summed E-state index contributed by atoms with van der Waals surface area (Å²) in [5, 5.41) is 0.449. The average Bonchev–Trinajstić information content (AvgIpc) is 2.97. The zero-order valence-corrected chi connectivity index (χ0v) is 12.9. The molecule has 0 aromatic heterocycles. The molecule has 0 spiro atoms. The molecule has 2 bridgehead atoms. The van der Waals surface area contributed by atoms with Gasteiger partial charge in [0.1, 0.15) is 0 Å². The second-order valence-electron chi connectivity index (χ2n) is 6.31. The zero-order valence-electron chi connectivity index (χ0n) is 11.9. The Morgan fingerprint density at radius 3 is 2.18 bits per heavy atom. The highest BCUT2D eigenvalue weighted by molar-refractivity contribution is 6.71. The van der Waals surface area contributed by atoms with Crippen LogP contribution in [0.5, 0.6) is 0 Å². The molecular formula is C14H28O2Si. The topological polar surface area (TPSA) is 18.5 Å². The smallest absolute Gasteiger partial charge is 0.344 e. The van der Waals surface area contributed by atoms with Crippen LogP contribution in [0.15, 0.2) is 0 Å². The van der Waals surface area contributed by atoms with Gasteiger partial charge in [-0.2, -0.15) is 0 Å². The van der Waals surface area contributed by atoms with Crippen LogP contribution in [-0.2, 0) is 8.85 Å². The molecule has 1 atom stereocenters. The third-order valence-electron chi connectivity index (χ3n) is 5.52. The van der Waals surface area contributed by atoms with Gasteiger partial charge >= 0.3 is 8.56 Å². The van der Waals surface area contributed by atoms with Gasteiger partial charge in [0.15, 0.2) is 0 Å². The Labute approximate surface area is 107 Å². The molecule has 0 heterocycles. The first-order valence-electron chi connectivity index (χ1n) is 7.21. The van der Waals surface area contributed by atoms with Crippen LogP contribution in [0.1, 0.15) is 52.4 Å². The van der Waals surface area contributed by atoms with E-state index >= 15 is 0 Å². The first-order chi connectivity index (χ1) is 8.11. The Hall–Kier alpha value is 0.137. The molecule has 0 aromatic rings. The number of hydrogen-bond acceptors (Lipinski definition) is 2. The maximum Gasteiger partial charge on any atom is 0.344 e. The second-order valence-corrected chi connectivity index (χ2v) is 10.1. The first kappa shape index (κ1) is 13.6. The predicted molar refractivity (Wildman–Crippen MR) is 73.3 cm³/mol. The standard InChI is InChI=1S/C14H28O2Si/c1-5-12(2)11-17(15-3,16-4)14-8-6-13(10-14)7-9-14/h12-13H,5-11H2,1-4H3. The number of fused-ring (bicyclic) bond motifs is 2. The van der Waals surface area contributed by atoms with Crippen molar-refractivity contribution in [1.29, 1.82) is 0 Å². The van der Waals surface area contributed by atoms with Crippen molar-refractivity contribution in [2.45, 2.75) is 63.5 Å². The van der Waals surface area contributed by atoms with E-state index in [0.717, 1.165) is 11.8 Å². The van der Waals surface area contributed by atoms with Crippen molar-refractivity contribution in [2.24, 2.45) is 11.8 Å². The summed E-state index contributed by atoms with van der Waals surface area (Å²) in [4.78, 5) is 0. The fraction of sp³-hybridized carbons (Fsp3) is 1.00. The summed E-state index contributed by atoms with van der Waals surface area (Å²) >= 11 is 0. The summed E-state index contributed by atoms with van der Waals surface area (Å²) in [5.74, 6) is 1.71. The highest BCUT2D eigenvalue weighted by atomic mass is 28.4. The summed E-state index contributed by atoms with van der Waals surface area (Å²) in [5.41, 5.74) is 0. The summed E-state index contributed by atoms with van der Waals surface area (Å²) in [6, 6.07) is 1.18. The van der Waals surface area contributed by atoms with E-state index in [0.29, 0.717) is 5.04 Å². The Bertz CT molecular complexity index is 255. The van der Waals surface area contributed by atoms with E-state index in [1.807, 2.05) is 14.2 Å². The van der Waals surface area contributed by atoms with Crippen LogP contribution in [0, 0.1) is 11.8 Å². The van der Waals surface area contributed by atoms with Gasteiger partial charge in [0.25, 0.3) is 0 Å². The van der Waals surface area contributed by atoms with Gasteiger partial charge in [-0.05, 0) is 37.1 Å². The van der Waals surface area contributed by atoms with Crippen molar-refractivity contribution < 1.29 is 8.85 Å². The molecule has 1 unspecified atom stereocenters. The van der Waals surface area contributed by atoms with Crippen LogP contribution >= 0.6 is 0 Å². The lowest BCUT2D eigenvalue weighted by Crippen LogP contribution is -2.51. The lowest BCUT2D eigenvalue weighted by Gasteiger charge is -2.43. The maximum absolute atomic E-state index is 6.08. The van der Waals surface area contributed by atoms with E-state index in [-0.39, 0.29) is 0 Å². The monoisotopic (exact) mass is 256 g/mol. The van der Waals surface area contributed by atoms with Gasteiger partial charge in [-0.1, -0.05) is 33.1 Å². The van der Waals surface area contributed by atoms with E-state index in [9.17, 15) is 0 Å². The van der Waals surface area contributed by atoms with Crippen LogP contribution in [0.4, 0.5) is 0 Å². The molecule has 0 amide bonds. The molecule has 0 radical (unpaired) electrons. The SMILES string of the molecule is CCC(C)C[Si](OC)(OC)C12CCC(CC1)C2. The van der Waals surface area contributed by atoms with Crippen molar-refractivity contribution in [2.75, 3.05) is 14.2 Å². The Morgan fingerprint density at radius 2 is 1.82 bits per heavy atom. The molecule has 0 N–H and O–H groups in total. The summed E-state index contributed by atoms with van der Waals surface area (Å²) in [7, 11) is 1.80. The first-order valence-corrected chi connectivity index (χ1v) is 9.24. The average molecular weight is 256 g/mol. The number of rotatable bonds is 6. The van der Waals surface area contributed by atoms with E-state index in [1.54, 1.807) is 0 Å². The Morgan fingerprint density at radius 1 is 1.24 bits per heavy atom. The van der Waals surface area contributed by atoms with Crippen LogP contribution in [0.2, 0.25) is 11.1 Å². The highest BCUT2D eigenvalue weighted by Gasteiger charge is 2.62. The van der Waals surface area contributed by atoms with Gasteiger partial charge in [-0.15, -0.1) is 0 Å². The molecule has 2 rings (SSSR count). The van der Waals surface area contributed by atoms with Gasteiger partial charge in [0.05, 0.1) is 0 Å². The van der Waals surface area contributed by atoms with Crippen LogP contribution < -0.4 is 0 Å². The van der Waals surface area contributed by atoms with Gasteiger partial charge < -0.3 is 8.85 Å². The molecule has 0 aliphatic heterocycles. The fourth-order valence-electron chi connectivity index (χ4n) is 4.23. The van der Waals surface area contributed by atoms with Crippen molar-refractivity contribution in [3.05, 3.63) is 0 Å². The quantitative estimate of drug-likeness (QED) is 0.666. The molecule has 0 saturated heterocycles. The zero-order chi connectivity index (χ0) is 12.5. The summed E-state index contributed by atoms with van der Waals surface area (Å²) < 4.78 is 12.2. The molecule has 2 aliphatic carbocycles. The van der Waals surface area contributed by atoms with Crippen molar-refractivity contribution in [3.63, 3.8) is 0 Å². The van der Waals surface area contributed by atoms with E-state index in [2.05, 4.69) is 13.8 Å². The van der Waals surface area contributed by atoms with E-state index < -0.39 is 8.56 Å². The van der Waals surface area contributed by atoms with Crippen molar-refractivity contribution >= 4 is 8.56 Å². The largest absolute Gasteiger partial charge is 0.397 e. The molecule has 2 saturated carbocycles. The van der Waals surface area contributed by atoms with Gasteiger partial charge in [-0.25, -0.2) is 0 Å². The summed E-state index contributed by atoms with van der Waals surface area (Å²) in [6.07, 6.45) is 8.19. The molecule has 2 nitrogen and oxygen atoms in total. The number of hydrogen-bond donors (Lipinski definition) is 0. The van der Waals surface area contributed by atoms with Crippen molar-refractivity contribution in [3.8, 4) is 0 Å². The minimum atomic E-state index is -2.00. The lowest BCUT2D eigenvalue weighted by molar-refractivity contribution is 0.193. The van der Waals surface area contributed by atoms with Crippen LogP contribution in [0.25, 0.3) is 0 Å². The maximum atomic E-state index is 6.08. The Balaban J connectivity index is 2.20. The van der Waals surface area contributed by atoms with Gasteiger partial charge in [0, 0.05) is 19.3 Å². The molecule has 0 aromatic carbocycles. The predicted octanol–water partition coefficient (Wildman–Crippen LogP) is 4.10. The molecule has 3 heteroatoms. The van der Waals surface area contributed by atoms with E-state index in [1.165, 1.54) is 44.6 Å². The molecule has 2 aliphatic rings. The van der Waals surface area contributed by atoms with Crippen LogP contribution in [-0.4, -0.2) is 22.8 Å². The van der Waals surface area contributed by atoms with Crippen molar-refractivity contribution in [1.82, 2.24) is 0 Å². The molecule has 2 fully saturated rings. The normalized spacial score (nSPS) is 34.2. The molecule has 17 heavy (non-hydrogen) atoms.